The van der Waals surface area contributed by atoms with Crippen molar-refractivity contribution in [3.05, 3.63) is 62.5 Å². The number of hydrogen-bond acceptors (Lipinski definition) is 2. The van der Waals surface area contributed by atoms with Crippen molar-refractivity contribution in [2.45, 2.75) is 0 Å². The van der Waals surface area contributed by atoms with E-state index in [4.69, 9.17) is 23.2 Å². The Balaban J connectivity index is 2.48. The molecule has 0 unspecified atom stereocenters. The minimum atomic E-state index is -1.13. The van der Waals surface area contributed by atoms with Crippen molar-refractivity contribution in [3.63, 3.8) is 0 Å². The molecule has 7 heteroatoms. The number of carbonyl (C=O) groups is 1. The highest BCUT2D eigenvalue weighted by atomic mass is 35.5. The van der Waals surface area contributed by atoms with Gasteiger partial charge in [-0.05, 0) is 30.3 Å². The van der Waals surface area contributed by atoms with E-state index in [0.29, 0.717) is 21.2 Å². The van der Waals surface area contributed by atoms with E-state index >= 15 is 0 Å². The van der Waals surface area contributed by atoms with Crippen LogP contribution < -0.4 is 5.69 Å². The number of nitrogens with zero attached hydrogens (tertiary/aromatic N) is 1. The third-order valence-electron chi connectivity index (χ3n) is 3.08. The smallest absolute Gasteiger partial charge is 0.337 e. The topological polar surface area (TPSA) is 75.1 Å². The number of imidazole rings is 1. The maximum atomic E-state index is 12.2. The molecular formula is C14H8Cl2N2O3. The highest BCUT2D eigenvalue weighted by molar-refractivity contribution is 6.34. The Morgan fingerprint density at radius 2 is 1.95 bits per heavy atom. The molecule has 0 aliphatic rings. The molecule has 1 aromatic heterocycles. The van der Waals surface area contributed by atoms with Gasteiger partial charge < -0.3 is 10.1 Å². The molecule has 0 spiro atoms. The Morgan fingerprint density at radius 1 is 1.19 bits per heavy atom. The first kappa shape index (κ1) is 13.7. The Bertz CT molecular complexity index is 928. The fraction of sp³-hybridized carbons (Fsp3) is 0. The average Bonchev–Trinajstić information content (AvgIpc) is 2.77. The minimum Gasteiger partial charge on any atom is -0.478 e. The summed E-state index contributed by atoms with van der Waals surface area (Å²) >= 11 is 12.1. The molecule has 21 heavy (non-hydrogen) atoms. The van der Waals surface area contributed by atoms with Crippen LogP contribution in [0.1, 0.15) is 10.4 Å². The highest BCUT2D eigenvalue weighted by Gasteiger charge is 2.18. The van der Waals surface area contributed by atoms with E-state index < -0.39 is 11.7 Å². The van der Waals surface area contributed by atoms with Crippen molar-refractivity contribution in [1.29, 1.82) is 0 Å². The summed E-state index contributed by atoms with van der Waals surface area (Å²) in [6.45, 7) is 0. The van der Waals surface area contributed by atoms with Gasteiger partial charge in [0.2, 0.25) is 0 Å². The van der Waals surface area contributed by atoms with E-state index in [2.05, 4.69) is 4.98 Å². The van der Waals surface area contributed by atoms with Crippen LogP contribution in [0.2, 0.25) is 10.0 Å². The lowest BCUT2D eigenvalue weighted by molar-refractivity contribution is 0.0698. The van der Waals surface area contributed by atoms with Gasteiger partial charge in [-0.2, -0.15) is 0 Å². The van der Waals surface area contributed by atoms with Crippen molar-refractivity contribution in [1.82, 2.24) is 9.55 Å². The molecule has 0 aliphatic heterocycles. The lowest BCUT2D eigenvalue weighted by Crippen LogP contribution is -2.16. The van der Waals surface area contributed by atoms with E-state index in [9.17, 15) is 14.7 Å². The zero-order valence-electron chi connectivity index (χ0n) is 10.4. The quantitative estimate of drug-likeness (QED) is 0.759. The van der Waals surface area contributed by atoms with Gasteiger partial charge in [-0.1, -0.05) is 29.3 Å². The number of aromatic nitrogens is 2. The lowest BCUT2D eigenvalue weighted by atomic mass is 10.2. The van der Waals surface area contributed by atoms with Crippen molar-refractivity contribution in [2.24, 2.45) is 0 Å². The molecule has 1 heterocycles. The maximum Gasteiger partial charge on any atom is 0.337 e. The van der Waals surface area contributed by atoms with Crippen LogP contribution in [0, 0.1) is 0 Å². The average molecular weight is 323 g/mol. The van der Waals surface area contributed by atoms with Gasteiger partial charge in [0.05, 0.1) is 27.3 Å². The van der Waals surface area contributed by atoms with Gasteiger partial charge in [0.1, 0.15) is 0 Å². The van der Waals surface area contributed by atoms with Crippen LogP contribution in [0.5, 0.6) is 0 Å². The molecule has 106 valence electrons. The first-order valence-corrected chi connectivity index (χ1v) is 6.67. The van der Waals surface area contributed by atoms with E-state index in [0.717, 1.165) is 0 Å². The summed E-state index contributed by atoms with van der Waals surface area (Å²) in [4.78, 5) is 26.2. The van der Waals surface area contributed by atoms with E-state index in [1.165, 1.54) is 16.7 Å². The molecule has 2 aromatic carbocycles. The van der Waals surface area contributed by atoms with Crippen molar-refractivity contribution in [2.75, 3.05) is 0 Å². The number of nitrogens with one attached hydrogen (secondary N) is 1. The predicted octanol–water partition coefficient (Wildman–Crippen LogP) is 3.32. The van der Waals surface area contributed by atoms with Gasteiger partial charge >= 0.3 is 11.7 Å². The first-order chi connectivity index (χ1) is 9.99. The SMILES string of the molecule is O=C(O)c1cccc2[nH]c(=O)n(-c3cc(Cl)ccc3Cl)c12. The molecule has 0 aliphatic carbocycles. The van der Waals surface area contributed by atoms with E-state index in [1.807, 2.05) is 0 Å². The summed E-state index contributed by atoms with van der Waals surface area (Å²) in [7, 11) is 0. The number of fused-ring (bicyclic) bond motifs is 1. The largest absolute Gasteiger partial charge is 0.478 e. The monoisotopic (exact) mass is 322 g/mol. The van der Waals surface area contributed by atoms with Gasteiger partial charge in [-0.3, -0.25) is 4.57 Å². The van der Waals surface area contributed by atoms with Crippen LogP contribution >= 0.6 is 23.2 Å². The summed E-state index contributed by atoms with van der Waals surface area (Å²) in [6.07, 6.45) is 0. The molecule has 3 rings (SSSR count). The Hall–Kier alpha value is -2.24. The van der Waals surface area contributed by atoms with Crippen molar-refractivity contribution in [3.8, 4) is 5.69 Å². The number of rotatable bonds is 2. The molecule has 2 N–H and O–H groups in total. The number of carboxylic acid groups (broad SMARTS) is 1. The molecule has 0 amide bonds. The molecule has 0 radical (unpaired) electrons. The van der Waals surface area contributed by atoms with Crippen LogP contribution in [0.15, 0.2) is 41.2 Å². The number of aromatic amines is 1. The highest BCUT2D eigenvalue weighted by Crippen LogP contribution is 2.27. The number of aromatic carboxylic acids is 1. The van der Waals surface area contributed by atoms with Crippen LogP contribution in [0.4, 0.5) is 0 Å². The van der Waals surface area contributed by atoms with Crippen molar-refractivity contribution >= 4 is 40.2 Å². The fourth-order valence-electron chi connectivity index (χ4n) is 2.22. The Kier molecular flexibility index (Phi) is 3.23. The standard InChI is InChI=1S/C14H8Cl2N2O3/c15-7-4-5-9(16)11(6-7)18-12-8(13(19)20)2-1-3-10(12)17-14(18)21/h1-6H,(H,17,21)(H,19,20). The summed E-state index contributed by atoms with van der Waals surface area (Å²) in [5.74, 6) is -1.13. The third kappa shape index (κ3) is 2.20. The molecule has 5 nitrogen and oxygen atoms in total. The summed E-state index contributed by atoms with van der Waals surface area (Å²) in [5.41, 5.74) is 0.508. The second kappa shape index (κ2) is 4.95. The summed E-state index contributed by atoms with van der Waals surface area (Å²) in [5, 5.41) is 9.99. The number of para-hydroxylation sites is 1. The lowest BCUT2D eigenvalue weighted by Gasteiger charge is -2.08. The number of hydrogen-bond donors (Lipinski definition) is 2. The summed E-state index contributed by atoms with van der Waals surface area (Å²) < 4.78 is 1.22. The van der Waals surface area contributed by atoms with Crippen molar-refractivity contribution < 1.29 is 9.90 Å². The van der Waals surface area contributed by atoms with Gasteiger partial charge in [0, 0.05) is 5.02 Å². The molecular weight excluding hydrogens is 315 g/mol. The minimum absolute atomic E-state index is 0.00175. The second-order valence-corrected chi connectivity index (χ2v) is 5.21. The van der Waals surface area contributed by atoms with Gasteiger partial charge in [0.25, 0.3) is 0 Å². The van der Waals surface area contributed by atoms with Gasteiger partial charge in [-0.15, -0.1) is 0 Å². The zero-order chi connectivity index (χ0) is 15.1. The van der Waals surface area contributed by atoms with Crippen LogP contribution in [-0.2, 0) is 0 Å². The van der Waals surface area contributed by atoms with Gasteiger partial charge in [-0.25, -0.2) is 9.59 Å². The first-order valence-electron chi connectivity index (χ1n) is 5.91. The second-order valence-electron chi connectivity index (χ2n) is 4.37. The molecule has 0 saturated heterocycles. The maximum absolute atomic E-state index is 12.2. The Labute approximate surface area is 128 Å². The van der Waals surface area contributed by atoms with Crippen LogP contribution in [-0.4, -0.2) is 20.6 Å². The number of benzene rings is 2. The third-order valence-corrected chi connectivity index (χ3v) is 3.64. The molecule has 0 atom stereocenters. The van der Waals surface area contributed by atoms with E-state index in [-0.39, 0.29) is 11.1 Å². The normalized spacial score (nSPS) is 11.0. The molecule has 0 saturated carbocycles. The fourth-order valence-corrected chi connectivity index (χ4v) is 2.59. The molecule has 0 fully saturated rings. The van der Waals surface area contributed by atoms with Gasteiger partial charge in [0.15, 0.2) is 0 Å². The van der Waals surface area contributed by atoms with E-state index in [1.54, 1.807) is 24.3 Å². The van der Waals surface area contributed by atoms with Crippen LogP contribution in [0.3, 0.4) is 0 Å². The predicted molar refractivity (Wildman–Crippen MR) is 80.9 cm³/mol. The zero-order valence-corrected chi connectivity index (χ0v) is 11.9. The Morgan fingerprint density at radius 3 is 2.67 bits per heavy atom. The number of H-pyrrole nitrogens is 1. The van der Waals surface area contributed by atoms with Crippen LogP contribution in [0.25, 0.3) is 16.7 Å². The number of carboxylic acids is 1. The molecule has 3 aromatic rings. The molecule has 0 bridgehead atoms. The summed E-state index contributed by atoms with van der Waals surface area (Å²) in [6, 6.07) is 9.26. The number of halogens is 2.